The molecule has 0 aromatic heterocycles. The first-order valence-electron chi connectivity index (χ1n) is 6.35. The fourth-order valence-corrected chi connectivity index (χ4v) is 3.11. The van der Waals surface area contributed by atoms with Crippen molar-refractivity contribution in [2.24, 2.45) is 0 Å². The maximum atomic E-state index is 12.1. The highest BCUT2D eigenvalue weighted by molar-refractivity contribution is 8.13. The fourth-order valence-electron chi connectivity index (χ4n) is 2.07. The number of hydrogen-bond acceptors (Lipinski definition) is 5. The molecule has 0 saturated carbocycles. The lowest BCUT2D eigenvalue weighted by Crippen LogP contribution is -2.56. The summed E-state index contributed by atoms with van der Waals surface area (Å²) in [6.07, 6.45) is -1.14. The van der Waals surface area contributed by atoms with E-state index in [1.54, 1.807) is 34.6 Å². The summed E-state index contributed by atoms with van der Waals surface area (Å²) >= 11 is 0. The highest BCUT2D eigenvalue weighted by Crippen LogP contribution is 2.24. The third-order valence-electron chi connectivity index (χ3n) is 2.52. The van der Waals surface area contributed by atoms with Crippen molar-refractivity contribution in [2.75, 3.05) is 18.8 Å². The van der Waals surface area contributed by atoms with E-state index in [0.717, 1.165) is 0 Å². The van der Waals surface area contributed by atoms with E-state index in [1.807, 2.05) is 0 Å². The van der Waals surface area contributed by atoms with Gasteiger partial charge >= 0.3 is 6.09 Å². The molecule has 1 aliphatic rings. The van der Waals surface area contributed by atoms with Crippen LogP contribution in [-0.2, 0) is 18.5 Å². The molecule has 0 aliphatic carbocycles. The van der Waals surface area contributed by atoms with Crippen LogP contribution in [0.15, 0.2) is 0 Å². The number of halogens is 1. The van der Waals surface area contributed by atoms with Crippen molar-refractivity contribution in [3.8, 4) is 0 Å². The van der Waals surface area contributed by atoms with Crippen molar-refractivity contribution in [1.82, 2.24) is 4.90 Å². The van der Waals surface area contributed by atoms with Crippen molar-refractivity contribution in [3.05, 3.63) is 0 Å². The molecule has 20 heavy (non-hydrogen) atoms. The van der Waals surface area contributed by atoms with E-state index in [9.17, 15) is 13.2 Å². The van der Waals surface area contributed by atoms with Crippen LogP contribution in [0.2, 0.25) is 0 Å². The van der Waals surface area contributed by atoms with Crippen molar-refractivity contribution < 1.29 is 22.7 Å². The first kappa shape index (κ1) is 17.5. The van der Waals surface area contributed by atoms with Gasteiger partial charge in [-0.15, -0.1) is 0 Å². The molecule has 0 aromatic rings. The van der Waals surface area contributed by atoms with Crippen molar-refractivity contribution in [3.63, 3.8) is 0 Å². The minimum Gasteiger partial charge on any atom is -0.444 e. The zero-order valence-electron chi connectivity index (χ0n) is 12.5. The van der Waals surface area contributed by atoms with Crippen LogP contribution >= 0.6 is 10.7 Å². The monoisotopic (exact) mass is 327 g/mol. The average molecular weight is 328 g/mol. The van der Waals surface area contributed by atoms with Gasteiger partial charge in [-0.1, -0.05) is 0 Å². The van der Waals surface area contributed by atoms with Crippen molar-refractivity contribution in [2.45, 2.75) is 51.9 Å². The van der Waals surface area contributed by atoms with Crippen LogP contribution in [0.3, 0.4) is 0 Å². The summed E-state index contributed by atoms with van der Waals surface area (Å²) in [5.41, 5.74) is -1.25. The Morgan fingerprint density at radius 2 is 2.00 bits per heavy atom. The van der Waals surface area contributed by atoms with Gasteiger partial charge in [0.05, 0.1) is 30.5 Å². The zero-order chi connectivity index (χ0) is 15.8. The predicted octanol–water partition coefficient (Wildman–Crippen LogP) is 1.97. The second-order valence-corrected chi connectivity index (χ2v) is 9.39. The molecule has 6 nitrogen and oxygen atoms in total. The van der Waals surface area contributed by atoms with Gasteiger partial charge in [0.25, 0.3) is 0 Å². The lowest BCUT2D eigenvalue weighted by Gasteiger charge is -2.42. The minimum absolute atomic E-state index is 0.143. The largest absolute Gasteiger partial charge is 0.444 e. The lowest BCUT2D eigenvalue weighted by atomic mass is 10.1. The van der Waals surface area contributed by atoms with Gasteiger partial charge in [-0.2, -0.15) is 0 Å². The van der Waals surface area contributed by atoms with Gasteiger partial charge in [-0.3, -0.25) is 0 Å². The highest BCUT2D eigenvalue weighted by atomic mass is 35.7. The summed E-state index contributed by atoms with van der Waals surface area (Å²) in [4.78, 5) is 13.5. The van der Waals surface area contributed by atoms with Crippen LogP contribution in [0.25, 0.3) is 0 Å². The van der Waals surface area contributed by atoms with Gasteiger partial charge in [0.2, 0.25) is 9.05 Å². The average Bonchev–Trinajstić information content (AvgIpc) is 2.08. The molecule has 0 aromatic carbocycles. The molecule has 118 valence electrons. The number of carbonyl (C=O) groups excluding carboxylic acids is 1. The van der Waals surface area contributed by atoms with Gasteiger partial charge < -0.3 is 14.4 Å². The molecule has 1 amide bonds. The Hall–Kier alpha value is -0.530. The van der Waals surface area contributed by atoms with Gasteiger partial charge in [-0.05, 0) is 34.6 Å². The summed E-state index contributed by atoms with van der Waals surface area (Å²) in [5.74, 6) is -0.336. The van der Waals surface area contributed by atoms with Crippen molar-refractivity contribution in [1.29, 1.82) is 0 Å². The molecule has 1 rings (SSSR count). The lowest BCUT2D eigenvalue weighted by molar-refractivity contribution is -0.125. The number of ether oxygens (including phenoxy) is 2. The Kier molecular flexibility index (Phi) is 4.99. The smallest absolute Gasteiger partial charge is 0.410 e. The van der Waals surface area contributed by atoms with Crippen LogP contribution < -0.4 is 0 Å². The Labute approximate surface area is 124 Å². The normalized spacial score (nSPS) is 23.5. The van der Waals surface area contributed by atoms with E-state index in [2.05, 4.69) is 0 Å². The molecule has 8 heteroatoms. The van der Waals surface area contributed by atoms with Gasteiger partial charge in [-0.25, -0.2) is 13.2 Å². The molecule has 0 radical (unpaired) electrons. The Balaban J connectivity index is 2.80. The molecule has 1 unspecified atom stereocenters. The first-order chi connectivity index (χ1) is 8.77. The third kappa shape index (κ3) is 6.28. The topological polar surface area (TPSA) is 72.9 Å². The molecular weight excluding hydrogens is 306 g/mol. The van der Waals surface area contributed by atoms with E-state index in [4.69, 9.17) is 20.2 Å². The summed E-state index contributed by atoms with van der Waals surface area (Å²) < 4.78 is 33.3. The Morgan fingerprint density at radius 1 is 1.45 bits per heavy atom. The first-order valence-corrected chi connectivity index (χ1v) is 8.83. The predicted molar refractivity (Wildman–Crippen MR) is 76.4 cm³/mol. The van der Waals surface area contributed by atoms with Crippen LogP contribution in [0.5, 0.6) is 0 Å². The highest BCUT2D eigenvalue weighted by Gasteiger charge is 2.38. The molecule has 1 atom stereocenters. The van der Waals surface area contributed by atoms with Crippen LogP contribution in [0, 0.1) is 0 Å². The van der Waals surface area contributed by atoms with Crippen LogP contribution in [-0.4, -0.2) is 55.6 Å². The number of carbonyl (C=O) groups is 1. The van der Waals surface area contributed by atoms with Gasteiger partial charge in [0.15, 0.2) is 0 Å². The van der Waals surface area contributed by atoms with Crippen LogP contribution in [0.4, 0.5) is 4.79 Å². The minimum atomic E-state index is -3.69. The fraction of sp³-hybridized carbons (Fsp3) is 0.917. The Morgan fingerprint density at radius 3 is 2.45 bits per heavy atom. The molecule has 1 heterocycles. The van der Waals surface area contributed by atoms with E-state index < -0.39 is 32.5 Å². The van der Waals surface area contributed by atoms with Gasteiger partial charge in [0, 0.05) is 10.7 Å². The molecule has 0 N–H and O–H groups in total. The van der Waals surface area contributed by atoms with E-state index in [1.165, 1.54) is 4.90 Å². The summed E-state index contributed by atoms with van der Waals surface area (Å²) in [7, 11) is 1.56. The molecular formula is C12H22ClNO5S. The zero-order valence-corrected chi connectivity index (χ0v) is 14.0. The standard InChI is InChI=1S/C12H22ClNO5S/c1-11(2,3)19-10(15)14-6-9(7-20(13,16)17)18-12(4,5)8-14/h9H,6-8H2,1-5H3. The third-order valence-corrected chi connectivity index (χ3v) is 3.67. The quantitative estimate of drug-likeness (QED) is 0.725. The van der Waals surface area contributed by atoms with Crippen molar-refractivity contribution >= 4 is 25.8 Å². The Bertz CT molecular complexity index is 469. The number of amides is 1. The van der Waals surface area contributed by atoms with E-state index >= 15 is 0 Å². The summed E-state index contributed by atoms with van der Waals surface area (Å²) in [6.45, 7) is 9.38. The second-order valence-electron chi connectivity index (χ2n) is 6.57. The summed E-state index contributed by atoms with van der Waals surface area (Å²) in [5, 5.41) is 0. The maximum absolute atomic E-state index is 12.1. The molecule has 0 spiro atoms. The molecule has 0 bridgehead atoms. The summed E-state index contributed by atoms with van der Waals surface area (Å²) in [6, 6.07) is 0. The van der Waals surface area contributed by atoms with E-state index in [0.29, 0.717) is 6.54 Å². The number of nitrogens with zero attached hydrogens (tertiary/aromatic N) is 1. The molecule has 1 fully saturated rings. The van der Waals surface area contributed by atoms with E-state index in [-0.39, 0.29) is 12.3 Å². The van der Waals surface area contributed by atoms with Gasteiger partial charge in [0.1, 0.15) is 5.60 Å². The number of morpholine rings is 1. The second kappa shape index (κ2) is 5.69. The molecule has 1 saturated heterocycles. The SMILES string of the molecule is CC(C)(C)OC(=O)N1CC(CS(=O)(=O)Cl)OC(C)(C)C1. The van der Waals surface area contributed by atoms with Crippen LogP contribution in [0.1, 0.15) is 34.6 Å². The number of rotatable bonds is 2. The maximum Gasteiger partial charge on any atom is 0.410 e. The number of hydrogen-bond donors (Lipinski definition) is 0. The molecule has 1 aliphatic heterocycles.